The predicted octanol–water partition coefficient (Wildman–Crippen LogP) is 4.52. The summed E-state index contributed by atoms with van der Waals surface area (Å²) in [6.07, 6.45) is 3.45. The van der Waals surface area contributed by atoms with E-state index in [1.807, 2.05) is 56.4 Å². The van der Waals surface area contributed by atoms with Crippen LogP contribution < -0.4 is 5.32 Å². The second-order valence-electron chi connectivity index (χ2n) is 5.86. The molecular formula is C21H24N4O2. The van der Waals surface area contributed by atoms with E-state index in [-0.39, 0.29) is 5.97 Å². The first kappa shape index (κ1) is 18.6. The van der Waals surface area contributed by atoms with Crippen molar-refractivity contribution in [1.29, 1.82) is 0 Å². The number of nitrogens with one attached hydrogen (secondary N) is 2. The first-order valence-electron chi connectivity index (χ1n) is 9.32. The van der Waals surface area contributed by atoms with E-state index in [4.69, 9.17) is 4.74 Å². The Morgan fingerprint density at radius 3 is 2.74 bits per heavy atom. The van der Waals surface area contributed by atoms with Crippen LogP contribution in [0.3, 0.4) is 0 Å². The zero-order valence-corrected chi connectivity index (χ0v) is 15.9. The van der Waals surface area contributed by atoms with Gasteiger partial charge in [0, 0.05) is 23.0 Å². The van der Waals surface area contributed by atoms with Crippen molar-refractivity contribution in [3.63, 3.8) is 0 Å². The van der Waals surface area contributed by atoms with Crippen LogP contribution >= 0.6 is 0 Å². The van der Waals surface area contributed by atoms with Gasteiger partial charge in [0.15, 0.2) is 0 Å². The number of anilines is 2. The van der Waals surface area contributed by atoms with Gasteiger partial charge in [-0.3, -0.25) is 5.10 Å². The highest BCUT2D eigenvalue weighted by Gasteiger charge is 2.26. The minimum Gasteiger partial charge on any atom is -0.461 e. The number of aromatic amines is 1. The highest BCUT2D eigenvalue weighted by molar-refractivity contribution is 5.92. The van der Waals surface area contributed by atoms with Crippen LogP contribution in [-0.2, 0) is 17.6 Å². The average Bonchev–Trinajstić information content (AvgIpc) is 3.15. The molecule has 2 N–H and O–H groups in total. The topological polar surface area (TPSA) is 79.9 Å². The van der Waals surface area contributed by atoms with Crippen molar-refractivity contribution in [1.82, 2.24) is 15.2 Å². The quantitative estimate of drug-likeness (QED) is 0.666. The van der Waals surface area contributed by atoms with Crippen LogP contribution in [0.5, 0.6) is 0 Å². The third kappa shape index (κ3) is 3.84. The normalized spacial score (nSPS) is 11.5. The first-order chi connectivity index (χ1) is 13.3. The first-order valence-corrected chi connectivity index (χ1v) is 9.32. The number of pyridine rings is 1. The molecule has 27 heavy (non-hydrogen) atoms. The molecule has 0 fully saturated rings. The van der Waals surface area contributed by atoms with Crippen LogP contribution in [0.1, 0.15) is 42.4 Å². The molecule has 1 aliphatic rings. The molecule has 0 atom stereocenters. The SMILES string of the molecule is CC.CCOC(=O)c1[nH]nc2c1CCc1cnc(Nc3ccccc3)cc1-2. The maximum Gasteiger partial charge on any atom is 0.356 e. The summed E-state index contributed by atoms with van der Waals surface area (Å²) in [7, 11) is 0. The van der Waals surface area contributed by atoms with Gasteiger partial charge in [-0.1, -0.05) is 32.0 Å². The Labute approximate surface area is 159 Å². The van der Waals surface area contributed by atoms with Crippen LogP contribution in [0, 0.1) is 0 Å². The summed E-state index contributed by atoms with van der Waals surface area (Å²) in [6, 6.07) is 11.9. The molecule has 2 heterocycles. The highest BCUT2D eigenvalue weighted by atomic mass is 16.5. The van der Waals surface area contributed by atoms with Gasteiger partial charge in [0.2, 0.25) is 0 Å². The Bertz CT molecular complexity index is 919. The number of hydrogen-bond acceptors (Lipinski definition) is 5. The molecule has 140 valence electrons. The fourth-order valence-electron chi connectivity index (χ4n) is 3.10. The van der Waals surface area contributed by atoms with E-state index in [1.54, 1.807) is 6.92 Å². The minimum absolute atomic E-state index is 0.346. The molecule has 1 aliphatic carbocycles. The van der Waals surface area contributed by atoms with E-state index in [0.29, 0.717) is 12.3 Å². The average molecular weight is 364 g/mol. The number of aryl methyl sites for hydroxylation is 1. The molecule has 0 bridgehead atoms. The fraction of sp³-hybridized carbons (Fsp3) is 0.286. The number of esters is 1. The van der Waals surface area contributed by atoms with Crippen LogP contribution in [0.2, 0.25) is 0 Å². The number of rotatable bonds is 4. The summed E-state index contributed by atoms with van der Waals surface area (Å²) >= 11 is 0. The molecule has 0 saturated carbocycles. The molecule has 2 aromatic heterocycles. The molecular weight excluding hydrogens is 340 g/mol. The minimum atomic E-state index is -0.351. The fourth-order valence-corrected chi connectivity index (χ4v) is 3.10. The van der Waals surface area contributed by atoms with Gasteiger partial charge in [-0.05, 0) is 43.5 Å². The summed E-state index contributed by atoms with van der Waals surface area (Å²) in [5, 5.41) is 10.5. The molecule has 1 aromatic carbocycles. The number of fused-ring (bicyclic) bond motifs is 3. The number of H-pyrrole nitrogens is 1. The number of carbonyl (C=O) groups is 1. The van der Waals surface area contributed by atoms with Crippen molar-refractivity contribution in [3.8, 4) is 11.3 Å². The Morgan fingerprint density at radius 2 is 2.00 bits per heavy atom. The molecule has 0 amide bonds. The monoisotopic (exact) mass is 364 g/mol. The van der Waals surface area contributed by atoms with Gasteiger partial charge in [0.05, 0.1) is 12.3 Å². The lowest BCUT2D eigenvalue weighted by Crippen LogP contribution is -2.11. The molecule has 0 spiro atoms. The van der Waals surface area contributed by atoms with Crippen molar-refractivity contribution in [2.75, 3.05) is 11.9 Å². The van der Waals surface area contributed by atoms with Gasteiger partial charge in [0.25, 0.3) is 0 Å². The molecule has 0 radical (unpaired) electrons. The van der Waals surface area contributed by atoms with E-state index in [9.17, 15) is 4.79 Å². The number of para-hydroxylation sites is 1. The van der Waals surface area contributed by atoms with Crippen molar-refractivity contribution >= 4 is 17.5 Å². The van der Waals surface area contributed by atoms with Gasteiger partial charge in [-0.2, -0.15) is 5.10 Å². The maximum absolute atomic E-state index is 12.1. The standard InChI is InChI=1S/C19H18N4O2.C2H6/c1-2-25-19(24)18-14-9-8-12-11-20-16(10-15(12)17(14)22-23-18)21-13-6-4-3-5-7-13;1-2/h3-7,10-11H,2,8-9H2,1H3,(H,20,21)(H,22,23);1-2H3. The molecule has 0 unspecified atom stereocenters. The lowest BCUT2D eigenvalue weighted by atomic mass is 9.90. The second kappa shape index (κ2) is 8.49. The summed E-state index contributed by atoms with van der Waals surface area (Å²) in [5.41, 5.74) is 5.29. The van der Waals surface area contributed by atoms with Gasteiger partial charge in [0.1, 0.15) is 11.5 Å². The Kier molecular flexibility index (Phi) is 5.86. The summed E-state index contributed by atoms with van der Waals surface area (Å²) < 4.78 is 5.11. The largest absolute Gasteiger partial charge is 0.461 e. The van der Waals surface area contributed by atoms with Crippen LogP contribution in [0.25, 0.3) is 11.3 Å². The molecule has 6 heteroatoms. The molecule has 0 saturated heterocycles. The molecule has 0 aliphatic heterocycles. The predicted molar refractivity (Wildman–Crippen MR) is 106 cm³/mol. The number of aromatic nitrogens is 3. The summed E-state index contributed by atoms with van der Waals surface area (Å²) in [5.74, 6) is 0.398. The third-order valence-corrected chi connectivity index (χ3v) is 4.28. The van der Waals surface area contributed by atoms with E-state index < -0.39 is 0 Å². The lowest BCUT2D eigenvalue weighted by Gasteiger charge is -2.17. The van der Waals surface area contributed by atoms with Crippen molar-refractivity contribution < 1.29 is 9.53 Å². The van der Waals surface area contributed by atoms with Crippen molar-refractivity contribution in [2.45, 2.75) is 33.6 Å². The lowest BCUT2D eigenvalue weighted by molar-refractivity contribution is 0.0518. The second-order valence-corrected chi connectivity index (χ2v) is 5.86. The molecule has 3 aromatic rings. The zero-order valence-electron chi connectivity index (χ0n) is 15.9. The zero-order chi connectivity index (χ0) is 19.2. The smallest absolute Gasteiger partial charge is 0.356 e. The van der Waals surface area contributed by atoms with Crippen molar-refractivity contribution in [2.24, 2.45) is 0 Å². The number of carbonyl (C=O) groups excluding carboxylic acids is 1. The number of hydrogen-bond donors (Lipinski definition) is 2. The number of ether oxygens (including phenoxy) is 1. The number of benzene rings is 1. The van der Waals surface area contributed by atoms with E-state index in [0.717, 1.165) is 46.7 Å². The Morgan fingerprint density at radius 1 is 1.22 bits per heavy atom. The number of nitrogens with zero attached hydrogens (tertiary/aromatic N) is 2. The summed E-state index contributed by atoms with van der Waals surface area (Å²) in [4.78, 5) is 16.6. The molecule has 6 nitrogen and oxygen atoms in total. The Hall–Kier alpha value is -3.15. The van der Waals surface area contributed by atoms with E-state index in [2.05, 4.69) is 20.5 Å². The Balaban J connectivity index is 0.00000102. The van der Waals surface area contributed by atoms with Crippen LogP contribution in [0.15, 0.2) is 42.6 Å². The van der Waals surface area contributed by atoms with Crippen molar-refractivity contribution in [3.05, 3.63) is 59.4 Å². The van der Waals surface area contributed by atoms with Gasteiger partial charge in [-0.25, -0.2) is 9.78 Å². The van der Waals surface area contributed by atoms with E-state index >= 15 is 0 Å². The maximum atomic E-state index is 12.1. The van der Waals surface area contributed by atoms with E-state index in [1.165, 1.54) is 0 Å². The third-order valence-electron chi connectivity index (χ3n) is 4.28. The van der Waals surface area contributed by atoms with Gasteiger partial charge >= 0.3 is 5.97 Å². The van der Waals surface area contributed by atoms with Gasteiger partial charge < -0.3 is 10.1 Å². The highest BCUT2D eigenvalue weighted by Crippen LogP contribution is 2.35. The van der Waals surface area contributed by atoms with Gasteiger partial charge in [-0.15, -0.1) is 0 Å². The van der Waals surface area contributed by atoms with Crippen LogP contribution in [-0.4, -0.2) is 27.8 Å². The molecule has 4 rings (SSSR count). The summed E-state index contributed by atoms with van der Waals surface area (Å²) in [6.45, 7) is 6.14. The van der Waals surface area contributed by atoms with Crippen LogP contribution in [0.4, 0.5) is 11.5 Å².